The highest BCUT2D eigenvalue weighted by atomic mass is 35.5. The second-order valence-corrected chi connectivity index (χ2v) is 5.95. The molecule has 102 valence electrons. The van der Waals surface area contributed by atoms with Crippen LogP contribution in [-0.4, -0.2) is 12.1 Å². The van der Waals surface area contributed by atoms with Gasteiger partial charge in [-0.25, -0.2) is 4.98 Å². The van der Waals surface area contributed by atoms with Crippen molar-refractivity contribution in [1.29, 1.82) is 0 Å². The van der Waals surface area contributed by atoms with Crippen molar-refractivity contribution in [2.24, 2.45) is 0 Å². The molecule has 3 aromatic rings. The zero-order valence-corrected chi connectivity index (χ0v) is 12.7. The van der Waals surface area contributed by atoms with E-state index in [2.05, 4.69) is 19.1 Å². The molecule has 0 aliphatic rings. The highest BCUT2D eigenvalue weighted by Crippen LogP contribution is 2.39. The first-order chi connectivity index (χ1) is 9.60. The number of hydrogen-bond acceptors (Lipinski definition) is 4. The van der Waals surface area contributed by atoms with Crippen LogP contribution in [0.1, 0.15) is 5.56 Å². The maximum atomic E-state index is 6.12. The number of fused-ring (bicyclic) bond motifs is 1. The van der Waals surface area contributed by atoms with Crippen molar-refractivity contribution >= 4 is 38.8 Å². The van der Waals surface area contributed by atoms with Gasteiger partial charge in [0.2, 0.25) is 0 Å². The first-order valence-electron chi connectivity index (χ1n) is 6.09. The van der Waals surface area contributed by atoms with Gasteiger partial charge in [0.1, 0.15) is 10.8 Å². The van der Waals surface area contributed by atoms with Crippen LogP contribution in [0.4, 0.5) is 5.69 Å². The highest BCUT2D eigenvalue weighted by Gasteiger charge is 2.14. The SMILES string of the molecule is COc1cc(N)c(Cl)cc1-c1nc2c(C)cccc2s1. The molecule has 0 aliphatic heterocycles. The summed E-state index contributed by atoms with van der Waals surface area (Å²) in [6.45, 7) is 2.05. The van der Waals surface area contributed by atoms with Crippen LogP contribution in [0, 0.1) is 6.92 Å². The van der Waals surface area contributed by atoms with E-state index in [1.807, 2.05) is 12.1 Å². The van der Waals surface area contributed by atoms with E-state index < -0.39 is 0 Å². The molecule has 0 saturated carbocycles. The van der Waals surface area contributed by atoms with Gasteiger partial charge in [-0.3, -0.25) is 0 Å². The minimum absolute atomic E-state index is 0.504. The Hall–Kier alpha value is -1.78. The topological polar surface area (TPSA) is 48.1 Å². The normalized spacial score (nSPS) is 10.9. The average Bonchev–Trinajstić information content (AvgIpc) is 2.86. The number of anilines is 1. The number of nitrogens with two attached hydrogens (primary N) is 1. The Bertz CT molecular complexity index is 798. The molecule has 2 N–H and O–H groups in total. The van der Waals surface area contributed by atoms with Gasteiger partial charge in [0.25, 0.3) is 0 Å². The van der Waals surface area contributed by atoms with Gasteiger partial charge < -0.3 is 10.5 Å². The van der Waals surface area contributed by atoms with E-state index in [1.54, 1.807) is 24.5 Å². The number of halogens is 1. The number of benzene rings is 2. The van der Waals surface area contributed by atoms with Crippen LogP contribution in [-0.2, 0) is 0 Å². The van der Waals surface area contributed by atoms with Crippen LogP contribution in [0.2, 0.25) is 5.02 Å². The Morgan fingerprint density at radius 3 is 2.80 bits per heavy atom. The smallest absolute Gasteiger partial charge is 0.131 e. The number of aromatic nitrogens is 1. The summed E-state index contributed by atoms with van der Waals surface area (Å²) in [7, 11) is 1.62. The summed E-state index contributed by atoms with van der Waals surface area (Å²) in [5.74, 6) is 0.684. The number of ether oxygens (including phenoxy) is 1. The second kappa shape index (κ2) is 4.96. The van der Waals surface area contributed by atoms with E-state index in [1.165, 1.54) is 0 Å². The lowest BCUT2D eigenvalue weighted by Crippen LogP contribution is -1.92. The summed E-state index contributed by atoms with van der Waals surface area (Å²) in [6.07, 6.45) is 0. The van der Waals surface area contributed by atoms with Crippen molar-refractivity contribution in [3.8, 4) is 16.3 Å². The molecular formula is C15H13ClN2OS. The Morgan fingerprint density at radius 1 is 1.30 bits per heavy atom. The van der Waals surface area contributed by atoms with Gasteiger partial charge in [0, 0.05) is 6.07 Å². The molecule has 0 aliphatic carbocycles. The van der Waals surface area contributed by atoms with Gasteiger partial charge in [-0.15, -0.1) is 11.3 Å². The minimum Gasteiger partial charge on any atom is -0.496 e. The molecule has 5 heteroatoms. The number of rotatable bonds is 2. The number of nitrogen functional groups attached to an aromatic ring is 1. The molecule has 0 amide bonds. The molecule has 1 aromatic heterocycles. The van der Waals surface area contributed by atoms with Gasteiger partial charge in [0.15, 0.2) is 0 Å². The fourth-order valence-electron chi connectivity index (χ4n) is 2.11. The van der Waals surface area contributed by atoms with Crippen LogP contribution in [0.5, 0.6) is 5.75 Å². The zero-order valence-electron chi connectivity index (χ0n) is 11.1. The largest absolute Gasteiger partial charge is 0.496 e. The maximum Gasteiger partial charge on any atom is 0.131 e. The van der Waals surface area contributed by atoms with Gasteiger partial charge in [0.05, 0.1) is 33.6 Å². The second-order valence-electron chi connectivity index (χ2n) is 4.51. The predicted octanol–water partition coefficient (Wildman–Crippen LogP) is 4.52. The molecule has 0 unspecified atom stereocenters. The van der Waals surface area contributed by atoms with Crippen molar-refractivity contribution in [2.75, 3.05) is 12.8 Å². The first-order valence-corrected chi connectivity index (χ1v) is 7.29. The van der Waals surface area contributed by atoms with Crippen molar-refractivity contribution in [3.63, 3.8) is 0 Å². The molecule has 3 rings (SSSR count). The van der Waals surface area contributed by atoms with E-state index in [-0.39, 0.29) is 0 Å². The average molecular weight is 305 g/mol. The van der Waals surface area contributed by atoms with E-state index in [0.29, 0.717) is 16.5 Å². The van der Waals surface area contributed by atoms with Crippen LogP contribution >= 0.6 is 22.9 Å². The Labute approximate surface area is 126 Å². The molecule has 1 heterocycles. The van der Waals surface area contributed by atoms with E-state index in [0.717, 1.165) is 26.4 Å². The lowest BCUT2D eigenvalue weighted by molar-refractivity contribution is 0.416. The lowest BCUT2D eigenvalue weighted by Gasteiger charge is -2.08. The van der Waals surface area contributed by atoms with E-state index in [9.17, 15) is 0 Å². The molecule has 20 heavy (non-hydrogen) atoms. The summed E-state index contributed by atoms with van der Waals surface area (Å²) in [5, 5.41) is 1.39. The number of para-hydroxylation sites is 1. The van der Waals surface area contributed by atoms with Crippen LogP contribution < -0.4 is 10.5 Å². The quantitative estimate of drug-likeness (QED) is 0.708. The van der Waals surface area contributed by atoms with Gasteiger partial charge in [-0.05, 0) is 24.6 Å². The predicted molar refractivity (Wildman–Crippen MR) is 85.8 cm³/mol. The third kappa shape index (κ3) is 2.11. The monoisotopic (exact) mass is 304 g/mol. The molecule has 0 radical (unpaired) electrons. The lowest BCUT2D eigenvalue weighted by atomic mass is 10.2. The Morgan fingerprint density at radius 2 is 2.10 bits per heavy atom. The third-order valence-corrected chi connectivity index (χ3v) is 4.55. The Balaban J connectivity index is 2.25. The number of methoxy groups -OCH3 is 1. The number of thiazole rings is 1. The molecule has 2 aromatic carbocycles. The molecule has 0 fully saturated rings. The molecule has 0 bridgehead atoms. The molecular weight excluding hydrogens is 292 g/mol. The van der Waals surface area contributed by atoms with Crippen molar-refractivity contribution < 1.29 is 4.74 Å². The minimum atomic E-state index is 0.504. The summed E-state index contributed by atoms with van der Waals surface area (Å²) < 4.78 is 6.54. The van der Waals surface area contributed by atoms with Crippen molar-refractivity contribution in [3.05, 3.63) is 40.9 Å². The maximum absolute atomic E-state index is 6.12. The fraction of sp³-hybridized carbons (Fsp3) is 0.133. The van der Waals surface area contributed by atoms with Crippen LogP contribution in [0.15, 0.2) is 30.3 Å². The van der Waals surface area contributed by atoms with Gasteiger partial charge in [-0.2, -0.15) is 0 Å². The van der Waals surface area contributed by atoms with Crippen molar-refractivity contribution in [2.45, 2.75) is 6.92 Å². The number of aryl methyl sites for hydroxylation is 1. The van der Waals surface area contributed by atoms with Crippen molar-refractivity contribution in [1.82, 2.24) is 4.98 Å². The van der Waals surface area contributed by atoms with E-state index >= 15 is 0 Å². The van der Waals surface area contributed by atoms with Gasteiger partial charge >= 0.3 is 0 Å². The molecule has 0 saturated heterocycles. The van der Waals surface area contributed by atoms with Crippen LogP contribution in [0.25, 0.3) is 20.8 Å². The first kappa shape index (κ1) is 13.2. The molecule has 0 spiro atoms. The summed E-state index contributed by atoms with van der Waals surface area (Å²) in [5.41, 5.74) is 9.36. The summed E-state index contributed by atoms with van der Waals surface area (Å²) in [4.78, 5) is 4.70. The van der Waals surface area contributed by atoms with E-state index in [4.69, 9.17) is 27.1 Å². The number of nitrogens with zero attached hydrogens (tertiary/aromatic N) is 1. The van der Waals surface area contributed by atoms with Gasteiger partial charge in [-0.1, -0.05) is 23.7 Å². The zero-order chi connectivity index (χ0) is 14.3. The molecule has 3 nitrogen and oxygen atoms in total. The standard InChI is InChI=1S/C15H13ClN2OS/c1-8-4-3-5-13-14(8)18-15(20-13)9-6-10(16)11(17)7-12(9)19-2/h3-7H,17H2,1-2H3. The molecule has 0 atom stereocenters. The van der Waals surface area contributed by atoms with Crippen LogP contribution in [0.3, 0.4) is 0 Å². The fourth-order valence-corrected chi connectivity index (χ4v) is 3.33. The summed E-state index contributed by atoms with van der Waals surface area (Å²) >= 11 is 7.74. The third-order valence-electron chi connectivity index (χ3n) is 3.17. The highest BCUT2D eigenvalue weighted by molar-refractivity contribution is 7.21. The number of hydrogen-bond donors (Lipinski definition) is 1. The summed E-state index contributed by atoms with van der Waals surface area (Å²) in [6, 6.07) is 9.69. The Kier molecular flexibility index (Phi) is 3.28.